The van der Waals surface area contributed by atoms with Crippen LogP contribution in [0.15, 0.2) is 48.5 Å². The minimum atomic E-state index is -0.769. The Morgan fingerprint density at radius 3 is 2.26 bits per heavy atom. The molecule has 2 aromatic carbocycles. The number of amides is 1. The van der Waals surface area contributed by atoms with E-state index in [0.717, 1.165) is 36.0 Å². The van der Waals surface area contributed by atoms with Crippen molar-refractivity contribution in [1.29, 1.82) is 0 Å². The number of hydrogen-bond acceptors (Lipinski definition) is 3. The van der Waals surface area contributed by atoms with E-state index in [4.69, 9.17) is 9.47 Å². The molecule has 1 unspecified atom stereocenters. The van der Waals surface area contributed by atoms with Gasteiger partial charge in [-0.2, -0.15) is 0 Å². The van der Waals surface area contributed by atoms with Crippen molar-refractivity contribution in [3.8, 4) is 11.1 Å². The quantitative estimate of drug-likeness (QED) is 0.624. The number of rotatable bonds is 9. The molecule has 146 valence electrons. The maximum Gasteiger partial charge on any atom is 0.251 e. The minimum Gasteiger partial charge on any atom is -0.349 e. The molecule has 1 amide bonds. The first kappa shape index (κ1) is 21.1. The highest BCUT2D eigenvalue weighted by Gasteiger charge is 2.25. The van der Waals surface area contributed by atoms with Gasteiger partial charge in [-0.1, -0.05) is 56.7 Å². The van der Waals surface area contributed by atoms with Gasteiger partial charge < -0.3 is 14.8 Å². The molecule has 1 atom stereocenters. The van der Waals surface area contributed by atoms with Gasteiger partial charge in [0, 0.05) is 31.4 Å². The minimum absolute atomic E-state index is 0.0138. The molecule has 0 spiro atoms. The summed E-state index contributed by atoms with van der Waals surface area (Å²) in [6, 6.07) is 16.0. The van der Waals surface area contributed by atoms with E-state index in [0.29, 0.717) is 5.56 Å². The molecule has 0 saturated heterocycles. The summed E-state index contributed by atoms with van der Waals surface area (Å²) in [5, 5.41) is 3.13. The molecule has 27 heavy (non-hydrogen) atoms. The molecule has 1 N–H and O–H groups in total. The standard InChI is InChI=1S/C23H31NO3/c1-6-9-21(7-2)24-22(25)19-11-8-10-18(16-19)17-12-14-20(15-13-17)23(3,26-4)27-5/h8,10-16,21H,6-7,9H2,1-5H3,(H,24,25). The summed E-state index contributed by atoms with van der Waals surface area (Å²) < 4.78 is 10.9. The fourth-order valence-electron chi connectivity index (χ4n) is 3.12. The van der Waals surface area contributed by atoms with Gasteiger partial charge in [0.2, 0.25) is 0 Å². The van der Waals surface area contributed by atoms with Crippen molar-refractivity contribution in [3.05, 3.63) is 59.7 Å². The van der Waals surface area contributed by atoms with Gasteiger partial charge in [0.25, 0.3) is 5.91 Å². The molecule has 0 aliphatic rings. The Morgan fingerprint density at radius 1 is 1.04 bits per heavy atom. The lowest BCUT2D eigenvalue weighted by molar-refractivity contribution is -0.201. The fraction of sp³-hybridized carbons (Fsp3) is 0.435. The number of benzene rings is 2. The van der Waals surface area contributed by atoms with E-state index in [-0.39, 0.29) is 11.9 Å². The molecule has 0 aliphatic carbocycles. The van der Waals surface area contributed by atoms with E-state index in [1.54, 1.807) is 14.2 Å². The third-order valence-electron chi connectivity index (χ3n) is 5.11. The van der Waals surface area contributed by atoms with Crippen LogP contribution >= 0.6 is 0 Å². The monoisotopic (exact) mass is 369 g/mol. The van der Waals surface area contributed by atoms with Gasteiger partial charge in [-0.3, -0.25) is 4.79 Å². The normalized spacial score (nSPS) is 12.6. The second-order valence-electron chi connectivity index (χ2n) is 6.88. The van der Waals surface area contributed by atoms with Crippen molar-refractivity contribution in [2.45, 2.75) is 51.9 Å². The van der Waals surface area contributed by atoms with Crippen LogP contribution < -0.4 is 5.32 Å². The van der Waals surface area contributed by atoms with Crippen molar-refractivity contribution in [2.24, 2.45) is 0 Å². The van der Waals surface area contributed by atoms with Crippen LogP contribution in [0.3, 0.4) is 0 Å². The van der Waals surface area contributed by atoms with Crippen molar-refractivity contribution in [1.82, 2.24) is 5.32 Å². The second-order valence-corrected chi connectivity index (χ2v) is 6.88. The van der Waals surface area contributed by atoms with Gasteiger partial charge in [0.05, 0.1) is 0 Å². The van der Waals surface area contributed by atoms with E-state index >= 15 is 0 Å². The maximum absolute atomic E-state index is 12.6. The Labute approximate surface area is 162 Å². The number of ether oxygens (including phenoxy) is 2. The number of carbonyl (C=O) groups is 1. The van der Waals surface area contributed by atoms with Gasteiger partial charge in [0.15, 0.2) is 5.79 Å². The lowest BCUT2D eigenvalue weighted by Gasteiger charge is -2.26. The zero-order chi connectivity index (χ0) is 19.9. The smallest absolute Gasteiger partial charge is 0.251 e. The van der Waals surface area contributed by atoms with Gasteiger partial charge in [-0.05, 0) is 43.0 Å². The van der Waals surface area contributed by atoms with Crippen molar-refractivity contribution in [2.75, 3.05) is 14.2 Å². The van der Waals surface area contributed by atoms with Crippen molar-refractivity contribution < 1.29 is 14.3 Å². The molecular weight excluding hydrogens is 338 g/mol. The Hall–Kier alpha value is -2.17. The van der Waals surface area contributed by atoms with Crippen LogP contribution in [-0.2, 0) is 15.3 Å². The van der Waals surface area contributed by atoms with Crippen LogP contribution in [0.25, 0.3) is 11.1 Å². The van der Waals surface area contributed by atoms with Crippen LogP contribution in [0.5, 0.6) is 0 Å². The van der Waals surface area contributed by atoms with Gasteiger partial charge >= 0.3 is 0 Å². The van der Waals surface area contributed by atoms with Crippen LogP contribution in [-0.4, -0.2) is 26.2 Å². The summed E-state index contributed by atoms with van der Waals surface area (Å²) in [7, 11) is 3.25. The average molecular weight is 370 g/mol. The predicted molar refractivity (Wildman–Crippen MR) is 110 cm³/mol. The summed E-state index contributed by atoms with van der Waals surface area (Å²) in [5.74, 6) is -0.783. The number of hydrogen-bond donors (Lipinski definition) is 1. The highest BCUT2D eigenvalue weighted by Crippen LogP contribution is 2.28. The van der Waals surface area contributed by atoms with Gasteiger partial charge in [0.1, 0.15) is 0 Å². The van der Waals surface area contributed by atoms with Crippen LogP contribution in [0.1, 0.15) is 56.0 Å². The molecule has 0 saturated carbocycles. The number of methoxy groups -OCH3 is 2. The van der Waals surface area contributed by atoms with Crippen molar-refractivity contribution >= 4 is 5.91 Å². The summed E-state index contributed by atoms with van der Waals surface area (Å²) >= 11 is 0. The van der Waals surface area contributed by atoms with Gasteiger partial charge in [-0.25, -0.2) is 0 Å². The van der Waals surface area contributed by atoms with Crippen LogP contribution in [0.4, 0.5) is 0 Å². The SMILES string of the molecule is CCCC(CC)NC(=O)c1cccc(-c2ccc(C(C)(OC)OC)cc2)c1. The Balaban J connectivity index is 2.21. The van der Waals surface area contributed by atoms with Crippen molar-refractivity contribution in [3.63, 3.8) is 0 Å². The first-order valence-electron chi connectivity index (χ1n) is 9.59. The Morgan fingerprint density at radius 2 is 1.70 bits per heavy atom. The largest absolute Gasteiger partial charge is 0.349 e. The molecule has 4 heteroatoms. The summed E-state index contributed by atoms with van der Waals surface area (Å²) in [6.45, 7) is 6.12. The predicted octanol–water partition coefficient (Wildman–Crippen LogP) is 5.13. The lowest BCUT2D eigenvalue weighted by Crippen LogP contribution is -2.34. The van der Waals surface area contributed by atoms with E-state index in [9.17, 15) is 4.79 Å². The highest BCUT2D eigenvalue weighted by atomic mass is 16.7. The fourth-order valence-corrected chi connectivity index (χ4v) is 3.12. The van der Waals surface area contributed by atoms with Gasteiger partial charge in [-0.15, -0.1) is 0 Å². The van der Waals surface area contributed by atoms with E-state index in [1.165, 1.54) is 0 Å². The Kier molecular flexibility index (Phi) is 7.57. The van der Waals surface area contributed by atoms with Crippen LogP contribution in [0, 0.1) is 0 Å². The molecule has 2 rings (SSSR count). The number of nitrogens with one attached hydrogen (secondary N) is 1. The molecule has 0 fully saturated rings. The molecule has 0 heterocycles. The molecule has 2 aromatic rings. The number of carbonyl (C=O) groups excluding carboxylic acids is 1. The van der Waals surface area contributed by atoms with E-state index in [2.05, 4.69) is 19.2 Å². The average Bonchev–Trinajstić information content (AvgIpc) is 2.73. The summed E-state index contributed by atoms with van der Waals surface area (Å²) in [6.07, 6.45) is 3.01. The topological polar surface area (TPSA) is 47.6 Å². The first-order valence-corrected chi connectivity index (χ1v) is 9.59. The second kappa shape index (κ2) is 9.67. The lowest BCUT2D eigenvalue weighted by atomic mass is 9.99. The van der Waals surface area contributed by atoms with E-state index < -0.39 is 5.79 Å². The summed E-state index contributed by atoms with van der Waals surface area (Å²) in [4.78, 5) is 12.6. The third kappa shape index (κ3) is 5.18. The first-order chi connectivity index (χ1) is 13.0. The summed E-state index contributed by atoms with van der Waals surface area (Å²) in [5.41, 5.74) is 3.68. The molecule has 0 bridgehead atoms. The Bertz CT molecular complexity index is 736. The molecule has 0 aromatic heterocycles. The van der Waals surface area contributed by atoms with Crippen LogP contribution in [0.2, 0.25) is 0 Å². The molecule has 0 aliphatic heterocycles. The third-order valence-corrected chi connectivity index (χ3v) is 5.11. The molecular formula is C23H31NO3. The highest BCUT2D eigenvalue weighted by molar-refractivity contribution is 5.95. The maximum atomic E-state index is 12.6. The zero-order valence-corrected chi connectivity index (χ0v) is 17.0. The van der Waals surface area contributed by atoms with E-state index in [1.807, 2.05) is 55.5 Å². The molecule has 0 radical (unpaired) electrons. The molecule has 4 nitrogen and oxygen atoms in total. The zero-order valence-electron chi connectivity index (χ0n) is 17.0.